The van der Waals surface area contributed by atoms with Crippen LogP contribution in [0, 0.1) is 0 Å². The highest BCUT2D eigenvalue weighted by atomic mass is 35.5. The number of aromatic hydroxyl groups is 1. The Morgan fingerprint density at radius 2 is 2.00 bits per heavy atom. The average molecular weight is 319 g/mol. The predicted molar refractivity (Wildman–Crippen MR) is 89.2 cm³/mol. The van der Waals surface area contributed by atoms with Crippen molar-refractivity contribution in [3.8, 4) is 5.75 Å². The quantitative estimate of drug-likeness (QED) is 0.718. The molecule has 1 aliphatic carbocycles. The van der Waals surface area contributed by atoms with Gasteiger partial charge in [-0.25, -0.2) is 4.98 Å². The molecule has 6 heteroatoms. The summed E-state index contributed by atoms with van der Waals surface area (Å²) in [5.41, 5.74) is 1.56. The molecule has 0 unspecified atom stereocenters. The summed E-state index contributed by atoms with van der Waals surface area (Å²) >= 11 is 5.98. The highest BCUT2D eigenvalue weighted by molar-refractivity contribution is 6.30. The maximum Gasteiger partial charge on any atom is 0.225 e. The van der Waals surface area contributed by atoms with Gasteiger partial charge in [0.05, 0.1) is 11.4 Å². The molecule has 1 aromatic heterocycles. The summed E-state index contributed by atoms with van der Waals surface area (Å²) in [5.74, 6) is 1.90. The van der Waals surface area contributed by atoms with Crippen LogP contribution in [0.3, 0.4) is 0 Å². The Morgan fingerprint density at radius 3 is 2.68 bits per heavy atom. The lowest BCUT2D eigenvalue weighted by atomic mass is 10.2. The van der Waals surface area contributed by atoms with Gasteiger partial charge in [-0.3, -0.25) is 0 Å². The number of aromatic nitrogens is 2. The fourth-order valence-corrected chi connectivity index (χ4v) is 2.36. The van der Waals surface area contributed by atoms with Crippen molar-refractivity contribution in [2.24, 2.45) is 0 Å². The molecule has 0 aliphatic heterocycles. The van der Waals surface area contributed by atoms with E-state index < -0.39 is 0 Å². The zero-order chi connectivity index (χ0) is 15.7. The minimum atomic E-state index is 0.134. The van der Waals surface area contributed by atoms with Crippen LogP contribution in [0.2, 0.25) is 5.02 Å². The summed E-state index contributed by atoms with van der Waals surface area (Å²) in [6, 6.07) is 7.06. The first kappa shape index (κ1) is 14.9. The molecule has 0 atom stereocenters. The van der Waals surface area contributed by atoms with E-state index in [0.29, 0.717) is 28.4 Å². The van der Waals surface area contributed by atoms with E-state index in [1.807, 2.05) is 19.9 Å². The molecule has 1 aliphatic rings. The summed E-state index contributed by atoms with van der Waals surface area (Å²) in [6.07, 6.45) is 2.33. The normalized spacial score (nSPS) is 14.2. The molecule has 0 radical (unpaired) electrons. The Hall–Kier alpha value is -2.01. The van der Waals surface area contributed by atoms with Gasteiger partial charge in [-0.05, 0) is 44.9 Å². The third-order valence-corrected chi connectivity index (χ3v) is 3.62. The third kappa shape index (κ3) is 3.60. The number of benzene rings is 1. The zero-order valence-electron chi connectivity index (χ0n) is 12.6. The lowest BCUT2D eigenvalue weighted by Crippen LogP contribution is -2.14. The van der Waals surface area contributed by atoms with Crippen LogP contribution >= 0.6 is 11.6 Å². The summed E-state index contributed by atoms with van der Waals surface area (Å²) in [5, 5.41) is 16.8. The van der Waals surface area contributed by atoms with Gasteiger partial charge in [0, 0.05) is 23.0 Å². The van der Waals surface area contributed by atoms with E-state index in [0.717, 1.165) is 5.69 Å². The number of anilines is 3. The van der Waals surface area contributed by atoms with E-state index in [1.54, 1.807) is 18.2 Å². The second-order valence-corrected chi connectivity index (χ2v) is 6.30. The topological polar surface area (TPSA) is 70.1 Å². The van der Waals surface area contributed by atoms with E-state index in [1.165, 1.54) is 12.8 Å². The summed E-state index contributed by atoms with van der Waals surface area (Å²) in [7, 11) is 0. The maximum atomic E-state index is 9.92. The molecule has 22 heavy (non-hydrogen) atoms. The predicted octanol–water partition coefficient (Wildman–Crippen LogP) is 4.28. The highest BCUT2D eigenvalue weighted by Crippen LogP contribution is 2.40. The molecule has 0 saturated heterocycles. The number of phenols is 1. The molecule has 3 N–H and O–H groups in total. The van der Waals surface area contributed by atoms with E-state index in [2.05, 4.69) is 20.6 Å². The molecule has 1 fully saturated rings. The van der Waals surface area contributed by atoms with Crippen LogP contribution in [0.4, 0.5) is 17.5 Å². The first-order chi connectivity index (χ1) is 10.5. The first-order valence-electron chi connectivity index (χ1n) is 7.42. The fourth-order valence-electron chi connectivity index (χ4n) is 2.19. The highest BCUT2D eigenvalue weighted by Gasteiger charge is 2.26. The van der Waals surface area contributed by atoms with Gasteiger partial charge in [-0.2, -0.15) is 4.98 Å². The van der Waals surface area contributed by atoms with Crippen LogP contribution in [0.5, 0.6) is 5.75 Å². The van der Waals surface area contributed by atoms with Gasteiger partial charge in [0.15, 0.2) is 0 Å². The van der Waals surface area contributed by atoms with Gasteiger partial charge in [0.1, 0.15) is 11.6 Å². The number of nitrogens with zero attached hydrogens (tertiary/aromatic N) is 2. The summed E-state index contributed by atoms with van der Waals surface area (Å²) in [6.45, 7) is 4.09. The van der Waals surface area contributed by atoms with Gasteiger partial charge in [-0.15, -0.1) is 0 Å². The molecule has 0 bridgehead atoms. The van der Waals surface area contributed by atoms with E-state index in [-0.39, 0.29) is 11.8 Å². The number of phenolic OH excluding ortho intramolecular Hbond substituents is 1. The van der Waals surface area contributed by atoms with Crippen LogP contribution in [0.15, 0.2) is 24.3 Å². The molecule has 2 aromatic rings. The van der Waals surface area contributed by atoms with Crippen LogP contribution < -0.4 is 10.6 Å². The summed E-state index contributed by atoms with van der Waals surface area (Å²) < 4.78 is 0. The largest absolute Gasteiger partial charge is 0.506 e. The Balaban J connectivity index is 1.91. The average Bonchev–Trinajstić information content (AvgIpc) is 3.26. The minimum absolute atomic E-state index is 0.134. The van der Waals surface area contributed by atoms with Crippen molar-refractivity contribution in [1.82, 2.24) is 9.97 Å². The van der Waals surface area contributed by atoms with Gasteiger partial charge in [-0.1, -0.05) is 11.6 Å². The Bertz CT molecular complexity index is 686. The molecule has 3 rings (SSSR count). The van der Waals surface area contributed by atoms with Crippen molar-refractivity contribution in [2.45, 2.75) is 38.6 Å². The van der Waals surface area contributed by atoms with Crippen molar-refractivity contribution >= 4 is 29.1 Å². The Kier molecular flexibility index (Phi) is 4.07. The van der Waals surface area contributed by atoms with E-state index >= 15 is 0 Å². The van der Waals surface area contributed by atoms with Crippen molar-refractivity contribution in [3.05, 3.63) is 35.0 Å². The second-order valence-electron chi connectivity index (χ2n) is 5.86. The molecule has 5 nitrogen and oxygen atoms in total. The first-order valence-corrected chi connectivity index (χ1v) is 7.80. The molecule has 0 amide bonds. The minimum Gasteiger partial charge on any atom is -0.506 e. The molecule has 116 valence electrons. The molecule has 0 spiro atoms. The summed E-state index contributed by atoms with van der Waals surface area (Å²) in [4.78, 5) is 9.03. The van der Waals surface area contributed by atoms with Gasteiger partial charge in [0.25, 0.3) is 0 Å². The third-order valence-electron chi connectivity index (χ3n) is 3.38. The molecular weight excluding hydrogens is 300 g/mol. The number of nitrogens with one attached hydrogen (secondary N) is 2. The van der Waals surface area contributed by atoms with Crippen LogP contribution in [0.25, 0.3) is 0 Å². The monoisotopic (exact) mass is 318 g/mol. The Morgan fingerprint density at radius 1 is 1.23 bits per heavy atom. The number of hydrogen-bond acceptors (Lipinski definition) is 5. The van der Waals surface area contributed by atoms with E-state index in [4.69, 9.17) is 11.6 Å². The van der Waals surface area contributed by atoms with E-state index in [9.17, 15) is 5.11 Å². The van der Waals surface area contributed by atoms with Crippen LogP contribution in [0.1, 0.15) is 38.3 Å². The van der Waals surface area contributed by atoms with Crippen molar-refractivity contribution in [2.75, 3.05) is 10.6 Å². The standard InChI is InChI=1S/C16H19ClN4O/c1-9(2)18-16-20-12(10-3-4-10)8-15(21-16)19-13-7-11(17)5-6-14(13)22/h5-10,22H,3-4H2,1-2H3,(H2,18,19,20,21). The number of halogens is 1. The molecular formula is C16H19ClN4O. The van der Waals surface area contributed by atoms with Crippen molar-refractivity contribution in [3.63, 3.8) is 0 Å². The zero-order valence-corrected chi connectivity index (χ0v) is 13.4. The van der Waals surface area contributed by atoms with Crippen molar-refractivity contribution in [1.29, 1.82) is 0 Å². The van der Waals surface area contributed by atoms with Crippen LogP contribution in [-0.4, -0.2) is 21.1 Å². The molecule has 1 aromatic carbocycles. The second kappa shape index (κ2) is 6.01. The SMILES string of the molecule is CC(C)Nc1nc(Nc2cc(Cl)ccc2O)cc(C2CC2)n1. The smallest absolute Gasteiger partial charge is 0.225 e. The molecule has 1 heterocycles. The van der Waals surface area contributed by atoms with Crippen molar-refractivity contribution < 1.29 is 5.11 Å². The fraction of sp³-hybridized carbons (Fsp3) is 0.375. The Labute approximate surface area is 134 Å². The lowest BCUT2D eigenvalue weighted by molar-refractivity contribution is 0.477. The number of hydrogen-bond donors (Lipinski definition) is 3. The molecule has 1 saturated carbocycles. The van der Waals surface area contributed by atoms with Gasteiger partial charge < -0.3 is 15.7 Å². The van der Waals surface area contributed by atoms with Gasteiger partial charge in [0.2, 0.25) is 5.95 Å². The maximum absolute atomic E-state index is 9.92. The number of rotatable bonds is 5. The van der Waals surface area contributed by atoms with Crippen LogP contribution in [-0.2, 0) is 0 Å². The van der Waals surface area contributed by atoms with Gasteiger partial charge >= 0.3 is 0 Å². The lowest BCUT2D eigenvalue weighted by Gasteiger charge is -2.13.